The fourth-order valence-corrected chi connectivity index (χ4v) is 1.91. The molecule has 0 aromatic heterocycles. The SMILES string of the molecule is COC(=O)/C=C(\N1CCCC1)C(C)(C)C. The van der Waals surface area contributed by atoms with Crippen LogP contribution >= 0.6 is 0 Å². The Morgan fingerprint density at radius 2 is 1.80 bits per heavy atom. The number of nitrogens with zero attached hydrogens (tertiary/aromatic N) is 1. The molecule has 1 fully saturated rings. The number of allylic oxidation sites excluding steroid dienone is 1. The Morgan fingerprint density at radius 1 is 1.27 bits per heavy atom. The average molecular weight is 211 g/mol. The summed E-state index contributed by atoms with van der Waals surface area (Å²) >= 11 is 0. The van der Waals surface area contributed by atoms with E-state index in [1.54, 1.807) is 6.08 Å². The molecule has 0 spiro atoms. The summed E-state index contributed by atoms with van der Waals surface area (Å²) in [6, 6.07) is 0. The van der Waals surface area contributed by atoms with Gasteiger partial charge in [-0.05, 0) is 12.8 Å². The van der Waals surface area contributed by atoms with Gasteiger partial charge < -0.3 is 9.64 Å². The van der Waals surface area contributed by atoms with Crippen molar-refractivity contribution in [1.29, 1.82) is 0 Å². The summed E-state index contributed by atoms with van der Waals surface area (Å²) in [4.78, 5) is 13.6. The first-order valence-electron chi connectivity index (χ1n) is 5.50. The van der Waals surface area contributed by atoms with Crippen LogP contribution in [0.25, 0.3) is 0 Å². The zero-order valence-corrected chi connectivity index (χ0v) is 10.2. The van der Waals surface area contributed by atoms with Gasteiger partial charge in [-0.3, -0.25) is 0 Å². The molecule has 1 heterocycles. The van der Waals surface area contributed by atoms with Gasteiger partial charge in [0, 0.05) is 30.3 Å². The van der Waals surface area contributed by atoms with Crippen LogP contribution in [0.5, 0.6) is 0 Å². The molecule has 15 heavy (non-hydrogen) atoms. The molecule has 1 saturated heterocycles. The standard InChI is InChI=1S/C12H21NO2/c1-12(2,3)10(9-11(14)15-4)13-7-5-6-8-13/h9H,5-8H2,1-4H3/b10-9-. The van der Waals surface area contributed by atoms with Crippen LogP contribution in [-0.2, 0) is 9.53 Å². The number of ether oxygens (including phenoxy) is 1. The number of esters is 1. The fraction of sp³-hybridized carbons (Fsp3) is 0.750. The summed E-state index contributed by atoms with van der Waals surface area (Å²) in [6.07, 6.45) is 4.06. The third-order valence-corrected chi connectivity index (χ3v) is 2.67. The lowest BCUT2D eigenvalue weighted by atomic mass is 9.90. The number of hydrogen-bond donors (Lipinski definition) is 0. The van der Waals surface area contributed by atoms with Crippen molar-refractivity contribution in [1.82, 2.24) is 4.90 Å². The zero-order valence-electron chi connectivity index (χ0n) is 10.2. The molecule has 0 aromatic carbocycles. The first-order chi connectivity index (χ1) is 6.95. The number of hydrogen-bond acceptors (Lipinski definition) is 3. The third-order valence-electron chi connectivity index (χ3n) is 2.67. The van der Waals surface area contributed by atoms with Gasteiger partial charge in [-0.1, -0.05) is 20.8 Å². The highest BCUT2D eigenvalue weighted by molar-refractivity contribution is 5.82. The second-order valence-corrected chi connectivity index (χ2v) is 5.00. The highest BCUT2D eigenvalue weighted by Gasteiger charge is 2.26. The van der Waals surface area contributed by atoms with Crippen molar-refractivity contribution < 1.29 is 9.53 Å². The lowest BCUT2D eigenvalue weighted by molar-refractivity contribution is -0.135. The van der Waals surface area contributed by atoms with E-state index in [4.69, 9.17) is 4.74 Å². The lowest BCUT2D eigenvalue weighted by Gasteiger charge is -2.31. The van der Waals surface area contributed by atoms with E-state index < -0.39 is 0 Å². The van der Waals surface area contributed by atoms with Gasteiger partial charge in [-0.25, -0.2) is 4.79 Å². The molecule has 0 amide bonds. The van der Waals surface area contributed by atoms with Gasteiger partial charge in [0.25, 0.3) is 0 Å². The minimum Gasteiger partial charge on any atom is -0.466 e. The van der Waals surface area contributed by atoms with Crippen LogP contribution in [0.2, 0.25) is 0 Å². The molecule has 0 atom stereocenters. The zero-order chi connectivity index (χ0) is 11.5. The Labute approximate surface area is 92.1 Å². The maximum Gasteiger partial charge on any atom is 0.332 e. The number of carbonyl (C=O) groups excluding carboxylic acids is 1. The largest absolute Gasteiger partial charge is 0.466 e. The van der Waals surface area contributed by atoms with E-state index in [1.165, 1.54) is 20.0 Å². The quantitative estimate of drug-likeness (QED) is 0.518. The highest BCUT2D eigenvalue weighted by Crippen LogP contribution is 2.30. The van der Waals surface area contributed by atoms with Gasteiger partial charge in [0.15, 0.2) is 0 Å². The first-order valence-corrected chi connectivity index (χ1v) is 5.50. The first kappa shape index (κ1) is 12.1. The molecular formula is C12H21NO2. The molecule has 1 aliphatic heterocycles. The minimum absolute atomic E-state index is 0.00146. The normalized spacial score (nSPS) is 18.1. The summed E-state index contributed by atoms with van der Waals surface area (Å²) in [5, 5.41) is 0. The number of likely N-dealkylation sites (tertiary alicyclic amines) is 1. The summed E-state index contributed by atoms with van der Waals surface area (Å²) in [7, 11) is 1.42. The monoisotopic (exact) mass is 211 g/mol. The molecule has 0 aromatic rings. The average Bonchev–Trinajstić information content (AvgIpc) is 2.64. The molecule has 0 bridgehead atoms. The van der Waals surface area contributed by atoms with E-state index in [0.29, 0.717) is 0 Å². The van der Waals surface area contributed by atoms with Crippen LogP contribution in [0.3, 0.4) is 0 Å². The molecule has 3 nitrogen and oxygen atoms in total. The van der Waals surface area contributed by atoms with E-state index in [9.17, 15) is 4.79 Å². The maximum atomic E-state index is 11.3. The van der Waals surface area contributed by atoms with E-state index in [-0.39, 0.29) is 11.4 Å². The molecule has 3 heteroatoms. The second kappa shape index (κ2) is 4.69. The van der Waals surface area contributed by atoms with Gasteiger partial charge in [-0.2, -0.15) is 0 Å². The van der Waals surface area contributed by atoms with Gasteiger partial charge in [0.05, 0.1) is 7.11 Å². The molecule has 0 unspecified atom stereocenters. The van der Waals surface area contributed by atoms with Crippen LogP contribution in [0, 0.1) is 5.41 Å². The molecular weight excluding hydrogens is 190 g/mol. The second-order valence-electron chi connectivity index (χ2n) is 5.00. The lowest BCUT2D eigenvalue weighted by Crippen LogP contribution is -2.28. The molecule has 1 rings (SSSR count). The highest BCUT2D eigenvalue weighted by atomic mass is 16.5. The number of rotatable bonds is 2. The Hall–Kier alpha value is -0.990. The van der Waals surface area contributed by atoms with Gasteiger partial charge >= 0.3 is 5.97 Å². The molecule has 0 saturated carbocycles. The number of carbonyl (C=O) groups is 1. The smallest absolute Gasteiger partial charge is 0.332 e. The van der Waals surface area contributed by atoms with E-state index >= 15 is 0 Å². The molecule has 0 radical (unpaired) electrons. The van der Waals surface area contributed by atoms with Crippen LogP contribution in [0.15, 0.2) is 11.8 Å². The van der Waals surface area contributed by atoms with Crippen molar-refractivity contribution in [2.24, 2.45) is 5.41 Å². The number of methoxy groups -OCH3 is 1. The van der Waals surface area contributed by atoms with E-state index in [0.717, 1.165) is 18.8 Å². The molecule has 0 N–H and O–H groups in total. The van der Waals surface area contributed by atoms with E-state index in [2.05, 4.69) is 25.7 Å². The third kappa shape index (κ3) is 3.26. The predicted octanol–water partition coefficient (Wildman–Crippen LogP) is 2.19. The Balaban J connectivity index is 2.87. The van der Waals surface area contributed by atoms with Crippen molar-refractivity contribution in [3.05, 3.63) is 11.8 Å². The van der Waals surface area contributed by atoms with Gasteiger partial charge in [0.1, 0.15) is 0 Å². The predicted molar refractivity (Wildman–Crippen MR) is 60.4 cm³/mol. The minimum atomic E-state index is -0.258. The Bertz CT molecular complexity index is 257. The van der Waals surface area contributed by atoms with Crippen molar-refractivity contribution >= 4 is 5.97 Å². The van der Waals surface area contributed by atoms with Crippen LogP contribution in [0.4, 0.5) is 0 Å². The van der Waals surface area contributed by atoms with E-state index in [1.807, 2.05) is 0 Å². The maximum absolute atomic E-state index is 11.3. The molecule has 0 aliphatic carbocycles. The molecule has 1 aliphatic rings. The van der Waals surface area contributed by atoms with Gasteiger partial charge in [-0.15, -0.1) is 0 Å². The van der Waals surface area contributed by atoms with Gasteiger partial charge in [0.2, 0.25) is 0 Å². The van der Waals surface area contributed by atoms with Crippen LogP contribution in [-0.4, -0.2) is 31.1 Å². The molecule has 86 valence electrons. The Kier molecular flexibility index (Phi) is 3.77. The van der Waals surface area contributed by atoms with Crippen molar-refractivity contribution in [2.45, 2.75) is 33.6 Å². The van der Waals surface area contributed by atoms with Crippen LogP contribution in [0.1, 0.15) is 33.6 Å². The summed E-state index contributed by atoms with van der Waals surface area (Å²) in [6.45, 7) is 8.49. The topological polar surface area (TPSA) is 29.5 Å². The van der Waals surface area contributed by atoms with Crippen LogP contribution < -0.4 is 0 Å². The summed E-state index contributed by atoms with van der Waals surface area (Å²) in [5.41, 5.74) is 1.09. The Morgan fingerprint density at radius 3 is 2.20 bits per heavy atom. The van der Waals surface area contributed by atoms with Crippen molar-refractivity contribution in [3.8, 4) is 0 Å². The van der Waals surface area contributed by atoms with Crippen molar-refractivity contribution in [3.63, 3.8) is 0 Å². The summed E-state index contributed by atoms with van der Waals surface area (Å²) < 4.78 is 4.69. The van der Waals surface area contributed by atoms with Crippen molar-refractivity contribution in [2.75, 3.05) is 20.2 Å². The summed E-state index contributed by atoms with van der Waals surface area (Å²) in [5.74, 6) is -0.258. The fourth-order valence-electron chi connectivity index (χ4n) is 1.91.